The number of rotatable bonds is 2. The molecule has 0 spiro atoms. The van der Waals surface area contributed by atoms with Gasteiger partial charge in [0.25, 0.3) is 0 Å². The molecule has 1 nitrogen and oxygen atoms in total. The maximum atomic E-state index is 12.6. The van der Waals surface area contributed by atoms with Crippen LogP contribution in [0.15, 0.2) is 16.6 Å². The monoisotopic (exact) mass is 243 g/mol. The fourth-order valence-electron chi connectivity index (χ4n) is 1.01. The lowest BCUT2D eigenvalue weighted by Gasteiger charge is -2.09. The van der Waals surface area contributed by atoms with Gasteiger partial charge < -0.3 is 0 Å². The van der Waals surface area contributed by atoms with Gasteiger partial charge in [0.05, 0.1) is 0 Å². The van der Waals surface area contributed by atoms with Crippen LogP contribution >= 0.6 is 15.9 Å². The average molecular weight is 244 g/mol. The highest BCUT2D eigenvalue weighted by atomic mass is 79.9. The van der Waals surface area contributed by atoms with Crippen LogP contribution in [0.2, 0.25) is 0 Å². The van der Waals surface area contributed by atoms with Gasteiger partial charge in [0.1, 0.15) is 11.6 Å². The van der Waals surface area contributed by atoms with Crippen molar-refractivity contribution in [1.82, 2.24) is 0 Å². The van der Waals surface area contributed by atoms with E-state index < -0.39 is 5.82 Å². The number of hydrogen-bond acceptors (Lipinski definition) is 1. The zero-order valence-electron chi connectivity index (χ0n) is 7.40. The molecular formula is C10H9BrFO. The summed E-state index contributed by atoms with van der Waals surface area (Å²) in [5, 5.41) is 0. The Morgan fingerprint density at radius 3 is 2.69 bits per heavy atom. The normalized spacial score (nSPS) is 12.6. The van der Waals surface area contributed by atoms with E-state index in [9.17, 15) is 9.18 Å². The van der Waals surface area contributed by atoms with Crippen molar-refractivity contribution >= 4 is 21.7 Å². The lowest BCUT2D eigenvalue weighted by Crippen LogP contribution is -2.05. The Morgan fingerprint density at radius 1 is 1.62 bits per heavy atom. The van der Waals surface area contributed by atoms with Crippen LogP contribution in [0, 0.1) is 11.9 Å². The predicted octanol–water partition coefficient (Wildman–Crippen LogP) is 3.08. The number of Topliss-reactive ketones (excluding diaryl/α,β-unsaturated/α-hetero) is 1. The number of halogens is 2. The van der Waals surface area contributed by atoms with Gasteiger partial charge in [0.15, 0.2) is 0 Å². The lowest BCUT2D eigenvalue weighted by molar-refractivity contribution is -0.118. The molecular weight excluding hydrogens is 235 g/mol. The maximum absolute atomic E-state index is 12.6. The highest BCUT2D eigenvalue weighted by Crippen LogP contribution is 2.25. The molecule has 1 rings (SSSR count). The van der Waals surface area contributed by atoms with E-state index in [1.165, 1.54) is 13.0 Å². The minimum atomic E-state index is -0.425. The van der Waals surface area contributed by atoms with Crippen LogP contribution in [-0.4, -0.2) is 5.78 Å². The smallest absolute Gasteiger partial charge is 0.137 e. The molecule has 13 heavy (non-hydrogen) atoms. The van der Waals surface area contributed by atoms with Crippen molar-refractivity contribution in [3.8, 4) is 0 Å². The summed E-state index contributed by atoms with van der Waals surface area (Å²) in [5.74, 6) is -0.585. The summed E-state index contributed by atoms with van der Waals surface area (Å²) in [4.78, 5) is 11.1. The van der Waals surface area contributed by atoms with E-state index >= 15 is 0 Å². The third kappa shape index (κ3) is 2.37. The molecule has 0 amide bonds. The van der Waals surface area contributed by atoms with E-state index in [1.807, 2.05) is 0 Å². The lowest BCUT2D eigenvalue weighted by atomic mass is 9.98. The summed E-state index contributed by atoms with van der Waals surface area (Å²) >= 11 is 3.17. The Balaban J connectivity index is 3.08. The first-order chi connectivity index (χ1) is 6.02. The number of carbonyl (C=O) groups excluding carboxylic acids is 1. The summed E-state index contributed by atoms with van der Waals surface area (Å²) in [6.07, 6.45) is 0. The van der Waals surface area contributed by atoms with Gasteiger partial charge in [-0.05, 0) is 34.5 Å². The second-order valence-electron chi connectivity index (χ2n) is 2.91. The SMILES string of the molecule is CC(=O)C(C)c1ccc(F)[c]c1Br. The van der Waals surface area contributed by atoms with Crippen LogP contribution in [0.3, 0.4) is 0 Å². The minimum Gasteiger partial charge on any atom is -0.299 e. The molecule has 0 saturated carbocycles. The fourth-order valence-corrected chi connectivity index (χ4v) is 1.67. The molecule has 1 radical (unpaired) electrons. The van der Waals surface area contributed by atoms with Crippen LogP contribution < -0.4 is 0 Å². The van der Waals surface area contributed by atoms with Gasteiger partial charge in [-0.2, -0.15) is 0 Å². The second kappa shape index (κ2) is 4.01. The van der Waals surface area contributed by atoms with E-state index in [4.69, 9.17) is 0 Å². The fraction of sp³-hybridized carbons (Fsp3) is 0.300. The number of ketones is 1. The molecule has 69 valence electrons. The molecule has 1 unspecified atom stereocenters. The number of hydrogen-bond donors (Lipinski definition) is 0. The number of carbonyl (C=O) groups is 1. The molecule has 0 N–H and O–H groups in total. The van der Waals surface area contributed by atoms with Crippen LogP contribution in [-0.2, 0) is 4.79 Å². The van der Waals surface area contributed by atoms with Crippen LogP contribution in [0.4, 0.5) is 4.39 Å². The molecule has 0 bridgehead atoms. The van der Waals surface area contributed by atoms with Crippen molar-refractivity contribution < 1.29 is 9.18 Å². The van der Waals surface area contributed by atoms with E-state index in [2.05, 4.69) is 22.0 Å². The Morgan fingerprint density at radius 2 is 2.23 bits per heavy atom. The van der Waals surface area contributed by atoms with Crippen molar-refractivity contribution in [1.29, 1.82) is 0 Å². The minimum absolute atomic E-state index is 0.0562. The largest absolute Gasteiger partial charge is 0.299 e. The zero-order valence-corrected chi connectivity index (χ0v) is 8.98. The molecule has 1 aromatic rings. The molecule has 1 aromatic carbocycles. The van der Waals surface area contributed by atoms with Crippen molar-refractivity contribution in [2.24, 2.45) is 0 Å². The maximum Gasteiger partial charge on any atom is 0.137 e. The molecule has 0 aliphatic carbocycles. The van der Waals surface area contributed by atoms with E-state index in [-0.39, 0.29) is 11.7 Å². The van der Waals surface area contributed by atoms with Crippen molar-refractivity contribution in [2.45, 2.75) is 19.8 Å². The Hall–Kier alpha value is -0.700. The Bertz CT molecular complexity index is 336. The first-order valence-electron chi connectivity index (χ1n) is 3.90. The van der Waals surface area contributed by atoms with Gasteiger partial charge in [-0.15, -0.1) is 0 Å². The molecule has 1 atom stereocenters. The second-order valence-corrected chi connectivity index (χ2v) is 3.70. The topological polar surface area (TPSA) is 17.1 Å². The average Bonchev–Trinajstić information content (AvgIpc) is 2.03. The van der Waals surface area contributed by atoms with Crippen LogP contribution in [0.1, 0.15) is 25.3 Å². The van der Waals surface area contributed by atoms with Crippen LogP contribution in [0.25, 0.3) is 0 Å². The van der Waals surface area contributed by atoms with Gasteiger partial charge in [-0.1, -0.05) is 13.0 Å². The molecule has 0 fully saturated rings. The molecule has 0 heterocycles. The van der Waals surface area contributed by atoms with Gasteiger partial charge in [-0.25, -0.2) is 4.39 Å². The summed E-state index contributed by atoms with van der Waals surface area (Å²) < 4.78 is 13.2. The molecule has 0 saturated heterocycles. The van der Waals surface area contributed by atoms with Gasteiger partial charge >= 0.3 is 0 Å². The Kier molecular flexibility index (Phi) is 3.20. The third-order valence-electron chi connectivity index (χ3n) is 1.97. The quantitative estimate of drug-likeness (QED) is 0.781. The third-order valence-corrected chi connectivity index (χ3v) is 2.62. The highest BCUT2D eigenvalue weighted by Gasteiger charge is 2.13. The highest BCUT2D eigenvalue weighted by molar-refractivity contribution is 9.10. The summed E-state index contributed by atoms with van der Waals surface area (Å²) in [7, 11) is 0. The van der Waals surface area contributed by atoms with Gasteiger partial charge in [-0.3, -0.25) is 4.79 Å². The molecule has 0 aliphatic rings. The summed E-state index contributed by atoms with van der Waals surface area (Å²) in [6, 6.07) is 5.38. The van der Waals surface area contributed by atoms with Crippen LogP contribution in [0.5, 0.6) is 0 Å². The number of benzene rings is 1. The van der Waals surface area contributed by atoms with Crippen molar-refractivity contribution in [2.75, 3.05) is 0 Å². The first kappa shape index (κ1) is 10.4. The summed E-state index contributed by atoms with van der Waals surface area (Å²) in [6.45, 7) is 3.30. The zero-order chi connectivity index (χ0) is 10.0. The van der Waals surface area contributed by atoms with Gasteiger partial charge in [0, 0.05) is 16.5 Å². The standard InChI is InChI=1S/C10H9BrFO/c1-6(7(2)13)9-4-3-8(12)5-10(9)11/h3-4,6H,1-2H3. The first-order valence-corrected chi connectivity index (χ1v) is 4.69. The van der Waals surface area contributed by atoms with E-state index in [0.717, 1.165) is 5.56 Å². The Labute approximate surface area is 85.1 Å². The van der Waals surface area contributed by atoms with Crippen molar-refractivity contribution in [3.05, 3.63) is 34.1 Å². The predicted molar refractivity (Wildman–Crippen MR) is 52.0 cm³/mol. The van der Waals surface area contributed by atoms with E-state index in [1.54, 1.807) is 13.0 Å². The van der Waals surface area contributed by atoms with Gasteiger partial charge in [0.2, 0.25) is 0 Å². The molecule has 3 heteroatoms. The molecule has 0 aromatic heterocycles. The van der Waals surface area contributed by atoms with E-state index in [0.29, 0.717) is 4.47 Å². The molecule has 0 aliphatic heterocycles. The summed E-state index contributed by atoms with van der Waals surface area (Å²) in [5.41, 5.74) is 0.772. The van der Waals surface area contributed by atoms with Crippen molar-refractivity contribution in [3.63, 3.8) is 0 Å².